The van der Waals surface area contributed by atoms with Crippen LogP contribution in [0.1, 0.15) is 4.11 Å². The van der Waals surface area contributed by atoms with Crippen LogP contribution in [0.5, 0.6) is 5.75 Å². The Bertz CT molecular complexity index is 372. The molecule has 0 spiro atoms. The number of ether oxygens (including phenoxy) is 2. The van der Waals surface area contributed by atoms with Crippen molar-refractivity contribution in [3.05, 3.63) is 22.9 Å². The van der Waals surface area contributed by atoms with Gasteiger partial charge in [0.05, 0.1) is 21.8 Å². The van der Waals surface area contributed by atoms with E-state index in [1.165, 1.54) is 0 Å². The van der Waals surface area contributed by atoms with Gasteiger partial charge in [0.15, 0.2) is 0 Å². The van der Waals surface area contributed by atoms with Gasteiger partial charge in [-0.05, 0) is 22.0 Å². The summed E-state index contributed by atoms with van der Waals surface area (Å²) in [6.07, 6.45) is -0.434. The van der Waals surface area contributed by atoms with Crippen LogP contribution in [0.25, 0.3) is 0 Å². The first-order valence-corrected chi connectivity index (χ1v) is 4.26. The topological polar surface area (TPSA) is 31.4 Å². The van der Waals surface area contributed by atoms with Gasteiger partial charge in [0, 0.05) is 12.3 Å². The maximum Gasteiger partial charge on any atom is 0.145 e. The summed E-state index contributed by atoms with van der Waals surface area (Å²) in [4.78, 5) is 3.57. The molecule has 4 heteroatoms. The van der Waals surface area contributed by atoms with Gasteiger partial charge in [0.2, 0.25) is 0 Å². The second kappa shape index (κ2) is 3.41. The van der Waals surface area contributed by atoms with E-state index >= 15 is 0 Å². The number of hydrogen-bond acceptors (Lipinski definition) is 3. The monoisotopic (exact) mass is 232 g/mol. The Morgan fingerprint density at radius 3 is 3.25 bits per heavy atom. The summed E-state index contributed by atoms with van der Waals surface area (Å²) < 4.78 is 33.1. The molecule has 0 unspecified atom stereocenters. The molecule has 2 heterocycles. The summed E-state index contributed by atoms with van der Waals surface area (Å²) in [5.41, 5.74) is 0. The minimum atomic E-state index is -0.251. The first-order chi connectivity index (χ1) is 7.09. The predicted octanol–water partition coefficient (Wildman–Crippen LogP) is 1.62. The van der Waals surface area contributed by atoms with Crippen LogP contribution in [0.4, 0.5) is 0 Å². The summed E-state index contributed by atoms with van der Waals surface area (Å²) in [5, 5.41) is 0. The van der Waals surface area contributed by atoms with Crippen LogP contribution < -0.4 is 4.74 Å². The van der Waals surface area contributed by atoms with Gasteiger partial charge >= 0.3 is 0 Å². The fourth-order valence-corrected chi connectivity index (χ4v) is 1.07. The Kier molecular flexibility index (Phi) is 1.48. The highest BCUT2D eigenvalue weighted by Gasteiger charge is 2.20. The lowest BCUT2D eigenvalue weighted by molar-refractivity contribution is -0.0799. The molecule has 1 fully saturated rings. The summed E-state index contributed by atoms with van der Waals surface area (Å²) >= 11 is 3.13. The molecule has 3 nitrogen and oxygen atoms in total. The number of nitrogens with zero attached hydrogens (tertiary/aromatic N) is 1. The SMILES string of the molecule is [2H]c1nc([2H])c(Br)c(OC2COC2)c1[2H]. The van der Waals surface area contributed by atoms with Crippen molar-refractivity contribution in [1.82, 2.24) is 4.98 Å². The van der Waals surface area contributed by atoms with E-state index in [0.717, 1.165) is 0 Å². The fraction of sp³-hybridized carbons (Fsp3) is 0.375. The second-order valence-electron chi connectivity index (χ2n) is 2.38. The molecular formula is C8H8BrNO2. The molecule has 2 rings (SSSR count). The average molecular weight is 233 g/mol. The Labute approximate surface area is 83.0 Å². The molecular weight excluding hydrogens is 222 g/mol. The van der Waals surface area contributed by atoms with Gasteiger partial charge in [0.25, 0.3) is 0 Å². The molecule has 1 aliphatic rings. The molecule has 1 aliphatic heterocycles. The Balaban J connectivity index is 2.34. The third-order valence-electron chi connectivity index (χ3n) is 1.47. The van der Waals surface area contributed by atoms with E-state index in [0.29, 0.717) is 17.7 Å². The Hall–Kier alpha value is -0.610. The van der Waals surface area contributed by atoms with E-state index in [9.17, 15) is 0 Å². The lowest BCUT2D eigenvalue weighted by Gasteiger charge is -2.26. The quantitative estimate of drug-likeness (QED) is 0.777. The largest absolute Gasteiger partial charge is 0.484 e. The normalized spacial score (nSPS) is 20.6. The van der Waals surface area contributed by atoms with E-state index < -0.39 is 0 Å². The molecule has 0 N–H and O–H groups in total. The maximum absolute atomic E-state index is 7.60. The third-order valence-corrected chi connectivity index (χ3v) is 2.01. The van der Waals surface area contributed by atoms with Crippen LogP contribution >= 0.6 is 15.9 Å². The van der Waals surface area contributed by atoms with Crippen LogP contribution in [0, 0.1) is 0 Å². The summed E-state index contributed by atoms with van der Waals surface area (Å²) in [6.45, 7) is 0.962. The van der Waals surface area contributed by atoms with Crippen molar-refractivity contribution in [1.29, 1.82) is 0 Å². The average Bonchev–Trinajstić information content (AvgIpc) is 2.12. The van der Waals surface area contributed by atoms with Crippen molar-refractivity contribution in [2.24, 2.45) is 0 Å². The summed E-state index contributed by atoms with van der Waals surface area (Å²) in [7, 11) is 0. The van der Waals surface area contributed by atoms with Crippen molar-refractivity contribution in [3.8, 4) is 5.75 Å². The van der Waals surface area contributed by atoms with Gasteiger partial charge in [-0.2, -0.15) is 0 Å². The summed E-state index contributed by atoms with van der Waals surface area (Å²) in [6, 6.07) is -0.107. The molecule has 0 aliphatic carbocycles. The van der Waals surface area contributed by atoms with Crippen molar-refractivity contribution in [2.45, 2.75) is 6.10 Å². The smallest absolute Gasteiger partial charge is 0.145 e. The highest BCUT2D eigenvalue weighted by Crippen LogP contribution is 2.24. The molecule has 64 valence electrons. The van der Waals surface area contributed by atoms with Crippen molar-refractivity contribution in [3.63, 3.8) is 0 Å². The molecule has 0 bridgehead atoms. The molecule has 0 aromatic carbocycles. The number of hydrogen-bond donors (Lipinski definition) is 0. The van der Waals surface area contributed by atoms with Gasteiger partial charge in [-0.15, -0.1) is 0 Å². The summed E-state index contributed by atoms with van der Waals surface area (Å²) in [5.74, 6) is 0.202. The molecule has 1 saturated heterocycles. The number of rotatable bonds is 2. The fourth-order valence-electron chi connectivity index (χ4n) is 0.791. The van der Waals surface area contributed by atoms with Gasteiger partial charge < -0.3 is 9.47 Å². The third kappa shape index (κ3) is 1.59. The molecule has 1 aromatic heterocycles. The van der Waals surface area contributed by atoms with E-state index in [2.05, 4.69) is 20.9 Å². The maximum atomic E-state index is 7.60. The highest BCUT2D eigenvalue weighted by molar-refractivity contribution is 9.10. The van der Waals surface area contributed by atoms with Crippen molar-refractivity contribution < 1.29 is 13.6 Å². The van der Waals surface area contributed by atoms with Crippen LogP contribution in [0.15, 0.2) is 22.9 Å². The van der Waals surface area contributed by atoms with Crippen LogP contribution in [0.3, 0.4) is 0 Å². The van der Waals surface area contributed by atoms with Crippen molar-refractivity contribution >= 4 is 15.9 Å². The first-order valence-electron chi connectivity index (χ1n) is 4.97. The lowest BCUT2D eigenvalue weighted by atomic mass is 10.3. The minimum Gasteiger partial charge on any atom is -0.484 e. The van der Waals surface area contributed by atoms with Crippen LogP contribution in [-0.4, -0.2) is 24.3 Å². The Morgan fingerprint density at radius 2 is 2.58 bits per heavy atom. The van der Waals surface area contributed by atoms with Gasteiger partial charge in [-0.1, -0.05) is 0 Å². The first kappa shape index (κ1) is 5.19. The van der Waals surface area contributed by atoms with E-state index in [4.69, 9.17) is 13.6 Å². The molecule has 0 atom stereocenters. The highest BCUT2D eigenvalue weighted by atomic mass is 79.9. The number of halogens is 1. The molecule has 0 amide bonds. The van der Waals surface area contributed by atoms with E-state index in [1.807, 2.05) is 0 Å². The second-order valence-corrected chi connectivity index (χ2v) is 3.17. The van der Waals surface area contributed by atoms with E-state index in [1.54, 1.807) is 0 Å². The molecule has 0 saturated carbocycles. The number of pyridine rings is 1. The van der Waals surface area contributed by atoms with Crippen LogP contribution in [-0.2, 0) is 4.74 Å². The standard InChI is InChI=1S/C8H8BrNO2/c9-7-3-10-2-1-8(7)12-6-4-11-5-6/h1-3,6H,4-5H2/i1D,2D,3D. The van der Waals surface area contributed by atoms with Crippen LogP contribution in [0.2, 0.25) is 0 Å². The zero-order valence-corrected chi connectivity index (χ0v) is 7.72. The Morgan fingerprint density at radius 1 is 1.75 bits per heavy atom. The molecule has 1 aromatic rings. The zero-order valence-electron chi connectivity index (χ0n) is 9.13. The molecule has 0 radical (unpaired) electrons. The lowest BCUT2D eigenvalue weighted by Crippen LogP contribution is -2.38. The van der Waals surface area contributed by atoms with Crippen molar-refractivity contribution in [2.75, 3.05) is 13.2 Å². The zero-order chi connectivity index (χ0) is 11.0. The number of aromatic nitrogens is 1. The van der Waals surface area contributed by atoms with E-state index in [-0.39, 0.29) is 30.2 Å². The predicted molar refractivity (Wildman–Crippen MR) is 47.2 cm³/mol. The van der Waals surface area contributed by atoms with Gasteiger partial charge in [-0.25, -0.2) is 0 Å². The van der Waals surface area contributed by atoms with Gasteiger partial charge in [0.1, 0.15) is 11.9 Å². The minimum absolute atomic E-state index is 0.0911. The van der Waals surface area contributed by atoms with Gasteiger partial charge in [-0.3, -0.25) is 4.98 Å². The molecule has 12 heavy (non-hydrogen) atoms.